The lowest BCUT2D eigenvalue weighted by Crippen LogP contribution is -2.58. The number of carbonyl (C=O) groups is 2. The highest BCUT2D eigenvalue weighted by Crippen LogP contribution is 2.24. The van der Waals surface area contributed by atoms with E-state index in [1.54, 1.807) is 37.3 Å². The lowest BCUT2D eigenvalue weighted by atomic mass is 10.1. The van der Waals surface area contributed by atoms with Crippen molar-refractivity contribution in [2.24, 2.45) is 0 Å². The minimum absolute atomic E-state index is 0.0197. The summed E-state index contributed by atoms with van der Waals surface area (Å²) >= 11 is 6.10. The fraction of sp³-hybridized carbons (Fsp3) is 0.440. The van der Waals surface area contributed by atoms with E-state index in [9.17, 15) is 14.0 Å². The van der Waals surface area contributed by atoms with Crippen LogP contribution >= 0.6 is 11.6 Å². The van der Waals surface area contributed by atoms with E-state index in [1.165, 1.54) is 12.1 Å². The van der Waals surface area contributed by atoms with Crippen molar-refractivity contribution in [1.82, 2.24) is 15.1 Å². The van der Waals surface area contributed by atoms with Crippen LogP contribution in [-0.2, 0) is 22.7 Å². The van der Waals surface area contributed by atoms with E-state index in [1.807, 2.05) is 11.8 Å². The SMILES string of the molecule is CCC(=O)NCc1cc(Cl)ccc1OCC(=O)N1C[C@H](C)N(Cc2ccc(F)cc2)C[C@H]1C. The predicted octanol–water partition coefficient (Wildman–Crippen LogP) is 4.01. The van der Waals surface area contributed by atoms with Gasteiger partial charge in [-0.15, -0.1) is 0 Å². The number of carbonyl (C=O) groups excluding carboxylic acids is 2. The van der Waals surface area contributed by atoms with Crippen LogP contribution in [0.2, 0.25) is 5.02 Å². The maximum absolute atomic E-state index is 13.2. The van der Waals surface area contributed by atoms with Crippen LogP contribution < -0.4 is 10.1 Å². The lowest BCUT2D eigenvalue weighted by molar-refractivity contribution is -0.139. The van der Waals surface area contributed by atoms with Crippen molar-refractivity contribution in [2.45, 2.75) is 52.4 Å². The fourth-order valence-electron chi connectivity index (χ4n) is 3.96. The molecule has 0 bridgehead atoms. The van der Waals surface area contributed by atoms with Crippen molar-refractivity contribution in [1.29, 1.82) is 0 Å². The van der Waals surface area contributed by atoms with Crippen molar-refractivity contribution in [3.8, 4) is 5.75 Å². The molecule has 1 aliphatic rings. The third-order valence-corrected chi connectivity index (χ3v) is 6.14. The van der Waals surface area contributed by atoms with Crippen molar-refractivity contribution in [3.05, 3.63) is 64.4 Å². The molecule has 8 heteroatoms. The summed E-state index contributed by atoms with van der Waals surface area (Å²) in [6.45, 7) is 8.11. The van der Waals surface area contributed by atoms with Crippen molar-refractivity contribution >= 4 is 23.4 Å². The molecule has 1 heterocycles. The van der Waals surface area contributed by atoms with Gasteiger partial charge in [-0.1, -0.05) is 30.7 Å². The second kappa shape index (κ2) is 11.5. The number of ether oxygens (including phenoxy) is 1. The Morgan fingerprint density at radius 3 is 2.55 bits per heavy atom. The molecule has 1 fully saturated rings. The summed E-state index contributed by atoms with van der Waals surface area (Å²) in [5.74, 6) is 0.125. The molecule has 0 radical (unpaired) electrons. The number of amides is 2. The molecule has 3 rings (SSSR count). The monoisotopic (exact) mass is 475 g/mol. The summed E-state index contributed by atoms with van der Waals surface area (Å²) in [6.07, 6.45) is 0.387. The number of halogens is 2. The summed E-state index contributed by atoms with van der Waals surface area (Å²) in [4.78, 5) is 28.7. The summed E-state index contributed by atoms with van der Waals surface area (Å²) in [5, 5.41) is 3.34. The van der Waals surface area contributed by atoms with E-state index >= 15 is 0 Å². The molecule has 0 aliphatic carbocycles. The normalized spacial score (nSPS) is 18.8. The number of hydrogen-bond donors (Lipinski definition) is 1. The first-order valence-electron chi connectivity index (χ1n) is 11.2. The molecule has 0 aromatic heterocycles. The molecule has 2 aromatic carbocycles. The largest absolute Gasteiger partial charge is 0.483 e. The maximum Gasteiger partial charge on any atom is 0.260 e. The van der Waals surface area contributed by atoms with Crippen LogP contribution in [0.4, 0.5) is 4.39 Å². The van der Waals surface area contributed by atoms with Gasteiger partial charge in [0.05, 0.1) is 0 Å². The first-order chi connectivity index (χ1) is 15.8. The Bertz CT molecular complexity index is 970. The van der Waals surface area contributed by atoms with Gasteiger partial charge < -0.3 is 15.0 Å². The zero-order valence-electron chi connectivity index (χ0n) is 19.3. The summed E-state index contributed by atoms with van der Waals surface area (Å²) in [5.41, 5.74) is 1.77. The Kier molecular flexibility index (Phi) is 8.69. The average Bonchev–Trinajstić information content (AvgIpc) is 2.80. The van der Waals surface area contributed by atoms with E-state index in [0.717, 1.165) is 17.7 Å². The van der Waals surface area contributed by atoms with E-state index in [-0.39, 0.29) is 42.9 Å². The Labute approximate surface area is 199 Å². The van der Waals surface area contributed by atoms with Gasteiger partial charge in [0.2, 0.25) is 5.91 Å². The Morgan fingerprint density at radius 1 is 1.12 bits per heavy atom. The fourth-order valence-corrected chi connectivity index (χ4v) is 4.15. The molecule has 33 heavy (non-hydrogen) atoms. The highest BCUT2D eigenvalue weighted by molar-refractivity contribution is 6.30. The lowest BCUT2D eigenvalue weighted by Gasteiger charge is -2.44. The zero-order chi connectivity index (χ0) is 24.0. The van der Waals surface area contributed by atoms with Crippen LogP contribution in [0.5, 0.6) is 5.75 Å². The highest BCUT2D eigenvalue weighted by atomic mass is 35.5. The van der Waals surface area contributed by atoms with Gasteiger partial charge in [-0.25, -0.2) is 4.39 Å². The summed E-state index contributed by atoms with van der Waals surface area (Å²) < 4.78 is 19.0. The van der Waals surface area contributed by atoms with Gasteiger partial charge in [-0.3, -0.25) is 14.5 Å². The zero-order valence-corrected chi connectivity index (χ0v) is 20.1. The highest BCUT2D eigenvalue weighted by Gasteiger charge is 2.32. The Hall–Kier alpha value is -2.64. The third kappa shape index (κ3) is 6.92. The van der Waals surface area contributed by atoms with Gasteiger partial charge in [0.25, 0.3) is 5.91 Å². The Morgan fingerprint density at radius 2 is 1.85 bits per heavy atom. The summed E-state index contributed by atoms with van der Waals surface area (Å²) in [7, 11) is 0. The molecule has 2 atom stereocenters. The van der Waals surface area contributed by atoms with Gasteiger partial charge in [0, 0.05) is 55.3 Å². The van der Waals surface area contributed by atoms with Gasteiger partial charge in [0.1, 0.15) is 11.6 Å². The van der Waals surface area contributed by atoms with Crippen molar-refractivity contribution < 1.29 is 18.7 Å². The Balaban J connectivity index is 1.58. The number of hydrogen-bond acceptors (Lipinski definition) is 4. The van der Waals surface area contributed by atoms with E-state index in [4.69, 9.17) is 16.3 Å². The molecule has 1 saturated heterocycles. The first kappa shape index (κ1) is 25.0. The van der Waals surface area contributed by atoms with Gasteiger partial charge >= 0.3 is 0 Å². The van der Waals surface area contributed by atoms with Crippen LogP contribution in [0.15, 0.2) is 42.5 Å². The molecule has 1 aliphatic heterocycles. The molecule has 2 amide bonds. The minimum atomic E-state index is -0.243. The molecule has 6 nitrogen and oxygen atoms in total. The summed E-state index contributed by atoms with van der Waals surface area (Å²) in [6, 6.07) is 11.9. The predicted molar refractivity (Wildman–Crippen MR) is 127 cm³/mol. The molecule has 0 unspecified atom stereocenters. The van der Waals surface area contributed by atoms with Crippen LogP contribution in [0.25, 0.3) is 0 Å². The van der Waals surface area contributed by atoms with E-state index in [0.29, 0.717) is 30.3 Å². The maximum atomic E-state index is 13.2. The number of piperazine rings is 1. The second-order valence-corrected chi connectivity index (χ2v) is 8.91. The van der Waals surface area contributed by atoms with Gasteiger partial charge in [-0.2, -0.15) is 0 Å². The van der Waals surface area contributed by atoms with Crippen LogP contribution in [-0.4, -0.2) is 53.4 Å². The molecular weight excluding hydrogens is 445 g/mol. The molecule has 178 valence electrons. The van der Waals surface area contributed by atoms with Crippen LogP contribution in [0, 0.1) is 5.82 Å². The van der Waals surface area contributed by atoms with Crippen LogP contribution in [0.3, 0.4) is 0 Å². The van der Waals surface area contributed by atoms with Crippen LogP contribution in [0.1, 0.15) is 38.3 Å². The second-order valence-electron chi connectivity index (χ2n) is 8.47. The molecule has 0 spiro atoms. The molecule has 2 aromatic rings. The first-order valence-corrected chi connectivity index (χ1v) is 11.6. The third-order valence-electron chi connectivity index (χ3n) is 5.91. The van der Waals surface area contributed by atoms with Crippen molar-refractivity contribution in [3.63, 3.8) is 0 Å². The number of rotatable bonds is 8. The molecule has 0 saturated carbocycles. The number of nitrogens with zero attached hydrogens (tertiary/aromatic N) is 2. The quantitative estimate of drug-likeness (QED) is 0.626. The van der Waals surface area contributed by atoms with Gasteiger partial charge in [0.15, 0.2) is 6.61 Å². The standard InChI is InChI=1S/C25H31ClFN3O3/c1-4-24(31)28-12-20-11-21(26)7-10-23(20)33-16-25(32)30-14-17(2)29(13-18(30)3)15-19-5-8-22(27)9-6-19/h5-11,17-18H,4,12-16H2,1-3H3,(H,28,31)/t17-,18+/m0/s1. The average molecular weight is 476 g/mol. The minimum Gasteiger partial charge on any atom is -0.483 e. The topological polar surface area (TPSA) is 61.9 Å². The molecular formula is C25H31ClFN3O3. The van der Waals surface area contributed by atoms with Crippen molar-refractivity contribution in [2.75, 3.05) is 19.7 Å². The van der Waals surface area contributed by atoms with E-state index < -0.39 is 0 Å². The molecule has 1 N–H and O–H groups in total. The number of nitrogens with one attached hydrogen (secondary N) is 1. The van der Waals surface area contributed by atoms with Gasteiger partial charge in [-0.05, 0) is 49.7 Å². The van der Waals surface area contributed by atoms with E-state index in [2.05, 4.69) is 17.1 Å². The smallest absolute Gasteiger partial charge is 0.260 e. The number of benzene rings is 2.